The predicted octanol–water partition coefficient (Wildman–Crippen LogP) is 2.85. The number of fused-ring (bicyclic) bond motifs is 1. The molecule has 0 bridgehead atoms. The summed E-state index contributed by atoms with van der Waals surface area (Å²) in [5.41, 5.74) is 2.12. The van der Waals surface area contributed by atoms with Crippen molar-refractivity contribution in [2.75, 3.05) is 5.32 Å². The normalized spacial score (nSPS) is 22.4. The van der Waals surface area contributed by atoms with Crippen molar-refractivity contribution in [2.24, 2.45) is 0 Å². The van der Waals surface area contributed by atoms with Crippen molar-refractivity contribution in [1.29, 1.82) is 0 Å². The van der Waals surface area contributed by atoms with Crippen LogP contribution in [0.4, 0.5) is 5.82 Å². The van der Waals surface area contributed by atoms with E-state index in [1.165, 1.54) is 18.4 Å². The predicted molar refractivity (Wildman–Crippen MR) is 64.4 cm³/mol. The molecular formula is C10H8Br2N2O. The van der Waals surface area contributed by atoms with Gasteiger partial charge < -0.3 is 5.32 Å². The van der Waals surface area contributed by atoms with Crippen molar-refractivity contribution >= 4 is 43.6 Å². The van der Waals surface area contributed by atoms with E-state index in [0.717, 1.165) is 5.56 Å². The minimum absolute atomic E-state index is 0.113. The maximum absolute atomic E-state index is 11.6. The Morgan fingerprint density at radius 2 is 2.20 bits per heavy atom. The van der Waals surface area contributed by atoms with Crippen LogP contribution in [0.15, 0.2) is 12.3 Å². The highest BCUT2D eigenvalue weighted by Gasteiger charge is 2.44. The molecule has 2 heterocycles. The van der Waals surface area contributed by atoms with E-state index in [1.807, 2.05) is 6.20 Å². The van der Waals surface area contributed by atoms with Crippen LogP contribution in [-0.4, -0.2) is 10.9 Å². The summed E-state index contributed by atoms with van der Waals surface area (Å²) in [7, 11) is 0. The molecule has 1 saturated carbocycles. The summed E-state index contributed by atoms with van der Waals surface area (Å²) in [4.78, 5) is 15.9. The summed E-state index contributed by atoms with van der Waals surface area (Å²) >= 11 is 6.75. The second-order valence-corrected chi connectivity index (χ2v) is 7.41. The second-order valence-electron chi connectivity index (χ2n) is 3.97. The van der Waals surface area contributed by atoms with E-state index in [1.54, 1.807) is 0 Å². The standard InChI is InChI=1S/C10H8Br2N2O/c11-10(12)7-3-6(5-1-2-5)4-13-8(7)14-9(10)15/h3-5H,1-2H2,(H,13,14,15). The van der Waals surface area contributed by atoms with E-state index in [0.29, 0.717) is 11.7 Å². The fraction of sp³-hybridized carbons (Fsp3) is 0.400. The van der Waals surface area contributed by atoms with E-state index in [4.69, 9.17) is 0 Å². The topological polar surface area (TPSA) is 42.0 Å². The van der Waals surface area contributed by atoms with Crippen molar-refractivity contribution in [1.82, 2.24) is 4.98 Å². The van der Waals surface area contributed by atoms with Crippen LogP contribution in [0.2, 0.25) is 0 Å². The number of anilines is 1. The number of nitrogens with zero attached hydrogens (tertiary/aromatic N) is 1. The lowest BCUT2D eigenvalue weighted by atomic mass is 10.1. The number of rotatable bonds is 1. The third-order valence-electron chi connectivity index (χ3n) is 2.81. The van der Waals surface area contributed by atoms with Crippen LogP contribution in [0.25, 0.3) is 0 Å². The molecule has 1 amide bonds. The molecule has 3 rings (SSSR count). The summed E-state index contributed by atoms with van der Waals surface area (Å²) in [5, 5.41) is 2.73. The minimum atomic E-state index is -0.798. The van der Waals surface area contributed by atoms with Gasteiger partial charge in [-0.15, -0.1) is 0 Å². The molecule has 15 heavy (non-hydrogen) atoms. The highest BCUT2D eigenvalue weighted by molar-refractivity contribution is 9.25. The molecule has 1 aliphatic carbocycles. The van der Waals surface area contributed by atoms with E-state index in [-0.39, 0.29) is 5.91 Å². The Morgan fingerprint density at radius 3 is 2.87 bits per heavy atom. The highest BCUT2D eigenvalue weighted by Crippen LogP contribution is 2.49. The Hall–Kier alpha value is -0.420. The summed E-state index contributed by atoms with van der Waals surface area (Å²) in [6.07, 6.45) is 4.33. The van der Waals surface area contributed by atoms with Crippen molar-refractivity contribution in [3.8, 4) is 0 Å². The summed E-state index contributed by atoms with van der Waals surface area (Å²) in [5.74, 6) is 1.19. The van der Waals surface area contributed by atoms with E-state index >= 15 is 0 Å². The third-order valence-corrected chi connectivity index (χ3v) is 4.39. The van der Waals surface area contributed by atoms with Crippen molar-refractivity contribution in [3.63, 3.8) is 0 Å². The van der Waals surface area contributed by atoms with Gasteiger partial charge in [-0.05, 0) is 30.4 Å². The number of pyridine rings is 1. The molecule has 0 aromatic carbocycles. The molecule has 1 fully saturated rings. The number of alkyl halides is 2. The van der Waals surface area contributed by atoms with E-state index in [2.05, 4.69) is 48.2 Å². The Morgan fingerprint density at radius 1 is 1.47 bits per heavy atom. The first-order valence-corrected chi connectivity index (χ1v) is 6.37. The van der Waals surface area contributed by atoms with Crippen LogP contribution in [0, 0.1) is 0 Å². The quantitative estimate of drug-likeness (QED) is 0.804. The Kier molecular flexibility index (Phi) is 1.98. The van der Waals surface area contributed by atoms with Crippen LogP contribution in [0.5, 0.6) is 0 Å². The average molecular weight is 332 g/mol. The lowest BCUT2D eigenvalue weighted by Crippen LogP contribution is -2.20. The van der Waals surface area contributed by atoms with Crippen LogP contribution >= 0.6 is 31.9 Å². The number of halogens is 2. The first-order valence-electron chi connectivity index (χ1n) is 4.79. The smallest absolute Gasteiger partial charge is 0.258 e. The van der Waals surface area contributed by atoms with Gasteiger partial charge in [0.05, 0.1) is 0 Å². The van der Waals surface area contributed by atoms with E-state index in [9.17, 15) is 4.79 Å². The largest absolute Gasteiger partial charge is 0.308 e. The number of hydrogen-bond donors (Lipinski definition) is 1. The average Bonchev–Trinajstić information content (AvgIpc) is 2.98. The van der Waals surface area contributed by atoms with Gasteiger partial charge in [-0.2, -0.15) is 0 Å². The SMILES string of the molecule is O=C1Nc2ncc(C3CC3)cc2C1(Br)Br. The monoisotopic (exact) mass is 330 g/mol. The maximum Gasteiger partial charge on any atom is 0.258 e. The molecule has 1 aromatic heterocycles. The van der Waals surface area contributed by atoms with Crippen molar-refractivity contribution in [2.45, 2.75) is 22.0 Å². The molecule has 78 valence electrons. The molecule has 1 aliphatic heterocycles. The Bertz CT molecular complexity index is 455. The second kappa shape index (κ2) is 3.04. The number of carbonyl (C=O) groups excluding carboxylic acids is 1. The highest BCUT2D eigenvalue weighted by atomic mass is 79.9. The molecule has 3 nitrogen and oxygen atoms in total. The van der Waals surface area contributed by atoms with Gasteiger partial charge in [-0.3, -0.25) is 4.79 Å². The summed E-state index contributed by atoms with van der Waals surface area (Å²) in [6, 6.07) is 2.06. The number of carbonyl (C=O) groups is 1. The minimum Gasteiger partial charge on any atom is -0.308 e. The molecule has 0 atom stereocenters. The van der Waals surface area contributed by atoms with E-state index < -0.39 is 3.23 Å². The third kappa shape index (κ3) is 1.44. The maximum atomic E-state index is 11.6. The first-order chi connectivity index (χ1) is 7.09. The van der Waals surface area contributed by atoms with Crippen LogP contribution in [-0.2, 0) is 8.03 Å². The molecule has 0 unspecified atom stereocenters. The van der Waals surface area contributed by atoms with Gasteiger partial charge in [0.1, 0.15) is 5.82 Å². The zero-order valence-corrected chi connectivity index (χ0v) is 10.9. The van der Waals surface area contributed by atoms with Gasteiger partial charge in [-0.1, -0.05) is 31.9 Å². The first kappa shape index (κ1) is 9.78. The van der Waals surface area contributed by atoms with Gasteiger partial charge in [0.15, 0.2) is 3.23 Å². The van der Waals surface area contributed by atoms with Crippen LogP contribution in [0.3, 0.4) is 0 Å². The zero-order valence-electron chi connectivity index (χ0n) is 7.76. The molecule has 2 aliphatic rings. The van der Waals surface area contributed by atoms with Crippen LogP contribution in [0.1, 0.15) is 29.9 Å². The summed E-state index contributed by atoms with van der Waals surface area (Å²) in [6.45, 7) is 0. The molecule has 1 aromatic rings. The van der Waals surface area contributed by atoms with Gasteiger partial charge >= 0.3 is 0 Å². The number of aromatic nitrogens is 1. The molecule has 0 radical (unpaired) electrons. The number of hydrogen-bond acceptors (Lipinski definition) is 2. The lowest BCUT2D eigenvalue weighted by molar-refractivity contribution is -0.115. The number of nitrogens with one attached hydrogen (secondary N) is 1. The van der Waals surface area contributed by atoms with Crippen molar-refractivity contribution < 1.29 is 4.79 Å². The molecule has 1 N–H and O–H groups in total. The number of amides is 1. The fourth-order valence-electron chi connectivity index (χ4n) is 1.77. The molecule has 0 spiro atoms. The molecular weight excluding hydrogens is 324 g/mol. The molecule has 0 saturated heterocycles. The van der Waals surface area contributed by atoms with Gasteiger partial charge in [0, 0.05) is 11.8 Å². The Balaban J connectivity index is 2.11. The van der Waals surface area contributed by atoms with Gasteiger partial charge in [0.25, 0.3) is 5.91 Å². The zero-order chi connectivity index (χ0) is 10.6. The Labute approximate surface area is 104 Å². The van der Waals surface area contributed by atoms with Gasteiger partial charge in [-0.25, -0.2) is 4.98 Å². The summed E-state index contributed by atoms with van der Waals surface area (Å²) < 4.78 is -0.798. The van der Waals surface area contributed by atoms with Crippen LogP contribution < -0.4 is 5.32 Å². The fourth-order valence-corrected chi connectivity index (χ4v) is 2.57. The van der Waals surface area contributed by atoms with Crippen molar-refractivity contribution in [3.05, 3.63) is 23.4 Å². The lowest BCUT2D eigenvalue weighted by Gasteiger charge is -2.10. The van der Waals surface area contributed by atoms with Gasteiger partial charge in [0.2, 0.25) is 0 Å². The molecule has 5 heteroatoms.